The molecule has 0 N–H and O–H groups in total. The fourth-order valence-electron chi connectivity index (χ4n) is 2.42. The fourth-order valence-corrected chi connectivity index (χ4v) is 2.42. The third kappa shape index (κ3) is 5.18. The molecule has 0 aliphatic rings. The van der Waals surface area contributed by atoms with Crippen molar-refractivity contribution in [3.8, 4) is 11.5 Å². The smallest absolute Gasteiger partial charge is 0.349 e. The van der Waals surface area contributed by atoms with Gasteiger partial charge in [0.1, 0.15) is 11.5 Å². The van der Waals surface area contributed by atoms with E-state index in [-0.39, 0.29) is 17.8 Å². The Morgan fingerprint density at radius 2 is 1.60 bits per heavy atom. The SMILES string of the molecule is CCC(=O)c1ccc(OC(=O)COc2ccccc2C(C)(C)C)cc1. The van der Waals surface area contributed by atoms with Crippen LogP contribution in [0.2, 0.25) is 0 Å². The second kappa shape index (κ2) is 7.97. The van der Waals surface area contributed by atoms with Gasteiger partial charge in [-0.2, -0.15) is 0 Å². The van der Waals surface area contributed by atoms with Crippen molar-refractivity contribution < 1.29 is 19.1 Å². The molecule has 4 heteroatoms. The minimum absolute atomic E-state index is 0.0556. The van der Waals surface area contributed by atoms with Gasteiger partial charge in [0.2, 0.25) is 0 Å². The second-order valence-electron chi connectivity index (χ2n) is 6.81. The lowest BCUT2D eigenvalue weighted by Gasteiger charge is -2.22. The Morgan fingerprint density at radius 3 is 2.20 bits per heavy atom. The zero-order valence-corrected chi connectivity index (χ0v) is 15.2. The topological polar surface area (TPSA) is 52.6 Å². The number of ketones is 1. The molecule has 2 aromatic carbocycles. The average molecular weight is 340 g/mol. The number of carbonyl (C=O) groups is 2. The van der Waals surface area contributed by atoms with Crippen molar-refractivity contribution in [2.45, 2.75) is 39.5 Å². The third-order valence-corrected chi connectivity index (χ3v) is 3.77. The maximum absolute atomic E-state index is 12.0. The van der Waals surface area contributed by atoms with E-state index in [2.05, 4.69) is 20.8 Å². The highest BCUT2D eigenvalue weighted by Crippen LogP contribution is 2.30. The standard InChI is InChI=1S/C21H24O4/c1-5-18(22)15-10-12-16(13-11-15)25-20(23)14-24-19-9-7-6-8-17(19)21(2,3)4/h6-13H,5,14H2,1-4H3. The van der Waals surface area contributed by atoms with Crippen LogP contribution in [0.3, 0.4) is 0 Å². The predicted molar refractivity (Wildman–Crippen MR) is 97.3 cm³/mol. The summed E-state index contributed by atoms with van der Waals surface area (Å²) < 4.78 is 10.9. The molecule has 0 saturated heterocycles. The molecule has 4 nitrogen and oxygen atoms in total. The number of ether oxygens (including phenoxy) is 2. The van der Waals surface area contributed by atoms with E-state index in [0.717, 1.165) is 5.56 Å². The van der Waals surface area contributed by atoms with Crippen LogP contribution in [0.25, 0.3) is 0 Å². The highest BCUT2D eigenvalue weighted by Gasteiger charge is 2.19. The Balaban J connectivity index is 1.97. The van der Waals surface area contributed by atoms with E-state index in [0.29, 0.717) is 23.5 Å². The van der Waals surface area contributed by atoms with E-state index in [1.54, 1.807) is 24.3 Å². The van der Waals surface area contributed by atoms with Crippen molar-refractivity contribution in [3.63, 3.8) is 0 Å². The molecule has 0 radical (unpaired) electrons. The first-order chi connectivity index (χ1) is 11.8. The summed E-state index contributed by atoms with van der Waals surface area (Å²) in [5.41, 5.74) is 1.56. The third-order valence-electron chi connectivity index (χ3n) is 3.77. The molecule has 0 fully saturated rings. The number of hydrogen-bond donors (Lipinski definition) is 0. The van der Waals surface area contributed by atoms with Gasteiger partial charge in [-0.15, -0.1) is 0 Å². The average Bonchev–Trinajstić information content (AvgIpc) is 2.59. The lowest BCUT2D eigenvalue weighted by Crippen LogP contribution is -2.20. The van der Waals surface area contributed by atoms with Crippen LogP contribution in [-0.2, 0) is 10.2 Å². The van der Waals surface area contributed by atoms with Crippen molar-refractivity contribution in [1.82, 2.24) is 0 Å². The van der Waals surface area contributed by atoms with Crippen LogP contribution >= 0.6 is 0 Å². The van der Waals surface area contributed by atoms with Crippen molar-refractivity contribution in [2.75, 3.05) is 6.61 Å². The molecule has 2 rings (SSSR count). The molecule has 2 aromatic rings. The van der Waals surface area contributed by atoms with Crippen molar-refractivity contribution in [1.29, 1.82) is 0 Å². The summed E-state index contributed by atoms with van der Waals surface area (Å²) >= 11 is 0. The number of benzene rings is 2. The molecule has 0 saturated carbocycles. The quantitative estimate of drug-likeness (QED) is 0.439. The van der Waals surface area contributed by atoms with Gasteiger partial charge in [0.25, 0.3) is 0 Å². The largest absolute Gasteiger partial charge is 0.482 e. The van der Waals surface area contributed by atoms with E-state index in [4.69, 9.17) is 9.47 Å². The monoisotopic (exact) mass is 340 g/mol. The number of para-hydroxylation sites is 1. The fraction of sp³-hybridized carbons (Fsp3) is 0.333. The molecule has 25 heavy (non-hydrogen) atoms. The van der Waals surface area contributed by atoms with Gasteiger partial charge in [0.15, 0.2) is 12.4 Å². The molecule has 0 bridgehead atoms. The highest BCUT2D eigenvalue weighted by atomic mass is 16.6. The number of Topliss-reactive ketones (excluding diaryl/α,β-unsaturated/α-hetero) is 1. The van der Waals surface area contributed by atoms with Gasteiger partial charge < -0.3 is 9.47 Å². The maximum atomic E-state index is 12.0. The minimum atomic E-state index is -0.488. The molecule has 0 aromatic heterocycles. The first-order valence-corrected chi connectivity index (χ1v) is 8.37. The van der Waals surface area contributed by atoms with Crippen LogP contribution in [0.4, 0.5) is 0 Å². The summed E-state index contributed by atoms with van der Waals surface area (Å²) in [5, 5.41) is 0. The maximum Gasteiger partial charge on any atom is 0.349 e. The van der Waals surface area contributed by atoms with Gasteiger partial charge >= 0.3 is 5.97 Å². The van der Waals surface area contributed by atoms with Crippen LogP contribution < -0.4 is 9.47 Å². The molecule has 0 aliphatic carbocycles. The molecule has 0 atom stereocenters. The molecule has 0 amide bonds. The summed E-state index contributed by atoms with van der Waals surface area (Å²) in [6.45, 7) is 7.90. The van der Waals surface area contributed by atoms with Gasteiger partial charge in [-0.25, -0.2) is 4.79 Å². The van der Waals surface area contributed by atoms with Crippen molar-refractivity contribution in [3.05, 3.63) is 59.7 Å². The van der Waals surface area contributed by atoms with Gasteiger partial charge in [0.05, 0.1) is 0 Å². The molecule has 0 spiro atoms. The van der Waals surface area contributed by atoms with Crippen LogP contribution in [0.15, 0.2) is 48.5 Å². The zero-order chi connectivity index (χ0) is 18.4. The molecular formula is C21H24O4. The van der Waals surface area contributed by atoms with E-state index in [1.165, 1.54) is 0 Å². The van der Waals surface area contributed by atoms with E-state index in [1.807, 2.05) is 31.2 Å². The first-order valence-electron chi connectivity index (χ1n) is 8.37. The Labute approximate surface area is 148 Å². The van der Waals surface area contributed by atoms with Crippen LogP contribution in [0.1, 0.15) is 50.0 Å². The van der Waals surface area contributed by atoms with E-state index in [9.17, 15) is 9.59 Å². The zero-order valence-electron chi connectivity index (χ0n) is 15.2. The number of carbonyl (C=O) groups excluding carboxylic acids is 2. The van der Waals surface area contributed by atoms with E-state index < -0.39 is 5.97 Å². The number of hydrogen-bond acceptors (Lipinski definition) is 4. The lowest BCUT2D eigenvalue weighted by atomic mass is 9.86. The highest BCUT2D eigenvalue weighted by molar-refractivity contribution is 5.95. The van der Waals surface area contributed by atoms with Gasteiger partial charge in [-0.05, 0) is 41.3 Å². The van der Waals surface area contributed by atoms with Crippen LogP contribution in [-0.4, -0.2) is 18.4 Å². The predicted octanol–water partition coefficient (Wildman–Crippen LogP) is 4.56. The van der Waals surface area contributed by atoms with Crippen LogP contribution in [0, 0.1) is 0 Å². The summed E-state index contributed by atoms with van der Waals surface area (Å²) in [6, 6.07) is 14.2. The van der Waals surface area contributed by atoms with Gasteiger partial charge in [0, 0.05) is 12.0 Å². The Morgan fingerprint density at radius 1 is 0.960 bits per heavy atom. The molecule has 0 heterocycles. The summed E-state index contributed by atoms with van der Waals surface area (Å²) in [7, 11) is 0. The second-order valence-corrected chi connectivity index (χ2v) is 6.81. The number of rotatable bonds is 6. The molecular weight excluding hydrogens is 316 g/mol. The van der Waals surface area contributed by atoms with Crippen LogP contribution in [0.5, 0.6) is 11.5 Å². The Hall–Kier alpha value is -2.62. The van der Waals surface area contributed by atoms with Crippen molar-refractivity contribution in [2.24, 2.45) is 0 Å². The Kier molecular flexibility index (Phi) is 5.97. The molecule has 0 unspecified atom stereocenters. The summed E-state index contributed by atoms with van der Waals surface area (Å²) in [4.78, 5) is 23.6. The molecule has 0 aliphatic heterocycles. The minimum Gasteiger partial charge on any atom is -0.482 e. The number of esters is 1. The molecule has 132 valence electrons. The first kappa shape index (κ1) is 18.7. The summed E-state index contributed by atoms with van der Waals surface area (Å²) in [6.07, 6.45) is 0.445. The van der Waals surface area contributed by atoms with Gasteiger partial charge in [-0.1, -0.05) is 45.9 Å². The normalized spacial score (nSPS) is 11.0. The van der Waals surface area contributed by atoms with E-state index >= 15 is 0 Å². The Bertz CT molecular complexity index is 739. The lowest BCUT2D eigenvalue weighted by molar-refractivity contribution is -0.136. The summed E-state index contributed by atoms with van der Waals surface area (Å²) in [5.74, 6) is 0.638. The van der Waals surface area contributed by atoms with Crippen molar-refractivity contribution >= 4 is 11.8 Å². The van der Waals surface area contributed by atoms with Gasteiger partial charge in [-0.3, -0.25) is 4.79 Å².